The SMILES string of the molecule is C=C[CH2][AlH2].ClOCl.[V]. The van der Waals surface area contributed by atoms with E-state index in [-0.39, 0.29) is 18.6 Å². The summed E-state index contributed by atoms with van der Waals surface area (Å²) in [5.74, 6) is 0. The van der Waals surface area contributed by atoms with E-state index in [1.807, 2.05) is 6.08 Å². The Morgan fingerprint density at radius 2 is 1.75 bits per heavy atom. The van der Waals surface area contributed by atoms with Crippen LogP contribution in [0.1, 0.15) is 0 Å². The summed E-state index contributed by atoms with van der Waals surface area (Å²) in [6.45, 7) is 3.51. The van der Waals surface area contributed by atoms with Gasteiger partial charge in [0.25, 0.3) is 0 Å². The zero-order chi connectivity index (χ0) is 6.12. The van der Waals surface area contributed by atoms with Crippen molar-refractivity contribution in [3.63, 3.8) is 0 Å². The molecule has 0 atom stereocenters. The number of allylic oxidation sites excluding steroid dienone is 1. The van der Waals surface area contributed by atoms with Gasteiger partial charge in [0.2, 0.25) is 16.3 Å². The number of halogens is 2. The van der Waals surface area contributed by atoms with E-state index in [9.17, 15) is 0 Å². The Balaban J connectivity index is -0.0000000575. The molecule has 0 spiro atoms. The standard InChI is InChI=1S/C3H5.Al.Cl2O.V.2H/c1-3-2;;1-3-2;;;/h3H,1-2H2;;;;;. The Bertz CT molecular complexity index is 38.5. The first-order chi connectivity index (χ1) is 3.33. The van der Waals surface area contributed by atoms with Crippen LogP contribution in [0.4, 0.5) is 0 Å². The summed E-state index contributed by atoms with van der Waals surface area (Å²) in [5, 5.41) is 1.22. The molecule has 0 N–H and O–H groups in total. The minimum absolute atomic E-state index is 0. The van der Waals surface area contributed by atoms with Crippen LogP contribution >= 0.6 is 23.7 Å². The van der Waals surface area contributed by atoms with E-state index in [0.717, 1.165) is 0 Å². The van der Waals surface area contributed by atoms with Crippen LogP contribution in [-0.4, -0.2) is 16.3 Å². The maximum Gasteiger partial charge on any atom is 0.217 e. The molecule has 0 aromatic heterocycles. The van der Waals surface area contributed by atoms with Crippen LogP contribution in [0, 0.1) is 0 Å². The van der Waals surface area contributed by atoms with Gasteiger partial charge in [0.05, 0.1) is 23.7 Å². The van der Waals surface area contributed by atoms with Gasteiger partial charge in [-0.2, -0.15) is 3.84 Å². The van der Waals surface area contributed by atoms with Crippen molar-refractivity contribution in [3.8, 4) is 0 Å². The van der Waals surface area contributed by atoms with Crippen molar-refractivity contribution in [1.29, 1.82) is 0 Å². The van der Waals surface area contributed by atoms with Crippen LogP contribution in [0.3, 0.4) is 0 Å². The van der Waals surface area contributed by atoms with Crippen molar-refractivity contribution in [2.24, 2.45) is 0 Å². The number of hydrogen-bond donors (Lipinski definition) is 0. The molecule has 1 radical (unpaired) electrons. The minimum atomic E-state index is 0. The van der Waals surface area contributed by atoms with Crippen LogP contribution < -0.4 is 0 Å². The Hall–Kier alpha value is 1.40. The van der Waals surface area contributed by atoms with Crippen LogP contribution in [0.25, 0.3) is 0 Å². The zero-order valence-corrected chi connectivity index (χ0v) is 9.51. The molecular formula is C3H7AlCl2OV. The molecule has 0 heterocycles. The number of rotatable bonds is 1. The van der Waals surface area contributed by atoms with Gasteiger partial charge in [0.1, 0.15) is 0 Å². The van der Waals surface area contributed by atoms with E-state index >= 15 is 0 Å². The smallest absolute Gasteiger partial charge is 0.166 e. The Kier molecular flexibility index (Phi) is 48.1. The largest absolute Gasteiger partial charge is 0.217 e. The van der Waals surface area contributed by atoms with Gasteiger partial charge < -0.3 is 0 Å². The fourth-order valence-electron chi connectivity index (χ4n) is 0. The Labute approximate surface area is 80.0 Å². The van der Waals surface area contributed by atoms with Crippen molar-refractivity contribution in [1.82, 2.24) is 0 Å². The monoisotopic (exact) mass is 207 g/mol. The molecule has 0 aromatic rings. The minimum Gasteiger partial charge on any atom is -0.166 e. The van der Waals surface area contributed by atoms with Gasteiger partial charge in [-0.05, 0) is 0 Å². The van der Waals surface area contributed by atoms with E-state index < -0.39 is 0 Å². The molecule has 0 amide bonds. The molecule has 0 saturated heterocycles. The molecule has 0 unspecified atom stereocenters. The molecule has 5 heteroatoms. The van der Waals surface area contributed by atoms with E-state index in [4.69, 9.17) is 0 Å². The van der Waals surface area contributed by atoms with Gasteiger partial charge >= 0.3 is 0 Å². The van der Waals surface area contributed by atoms with Crippen LogP contribution in [0.2, 0.25) is 5.28 Å². The van der Waals surface area contributed by atoms with Crippen LogP contribution in [-0.2, 0) is 22.4 Å². The molecule has 47 valence electrons. The van der Waals surface area contributed by atoms with Crippen molar-refractivity contribution in [3.05, 3.63) is 12.7 Å². The third-order valence-electron chi connectivity index (χ3n) is 0.289. The summed E-state index contributed by atoms with van der Waals surface area (Å²) < 4.78 is 3.19. The molecule has 0 fully saturated rings. The second-order valence-corrected chi connectivity index (χ2v) is 2.04. The van der Waals surface area contributed by atoms with Crippen molar-refractivity contribution in [2.45, 2.75) is 5.28 Å². The molecule has 0 aliphatic heterocycles. The second-order valence-electron chi connectivity index (χ2n) is 0.755. The zero-order valence-electron chi connectivity index (χ0n) is 4.60. The quantitative estimate of drug-likeness (QED) is 0.469. The summed E-state index contributed by atoms with van der Waals surface area (Å²) in [7, 11) is 0. The van der Waals surface area contributed by atoms with Gasteiger partial charge in [0.15, 0.2) is 0 Å². The molecule has 0 aliphatic carbocycles. The van der Waals surface area contributed by atoms with E-state index in [1.54, 1.807) is 0 Å². The van der Waals surface area contributed by atoms with Gasteiger partial charge in [-0.1, -0.05) is 5.28 Å². The fraction of sp³-hybridized carbons (Fsp3) is 0.333. The maximum atomic E-state index is 4.26. The number of hydrogen-bond acceptors (Lipinski definition) is 1. The van der Waals surface area contributed by atoms with Gasteiger partial charge in [-0.3, -0.25) is 0 Å². The molecule has 0 bridgehead atoms. The van der Waals surface area contributed by atoms with E-state index in [2.05, 4.69) is 34.2 Å². The van der Waals surface area contributed by atoms with Crippen LogP contribution in [0.15, 0.2) is 12.7 Å². The van der Waals surface area contributed by atoms with Crippen molar-refractivity contribution >= 4 is 40.0 Å². The summed E-state index contributed by atoms with van der Waals surface area (Å²) in [4.78, 5) is 0. The van der Waals surface area contributed by atoms with E-state index in [1.165, 1.54) is 21.6 Å². The van der Waals surface area contributed by atoms with Gasteiger partial charge in [0, 0.05) is 18.6 Å². The topological polar surface area (TPSA) is 9.23 Å². The molecular weight excluding hydrogens is 201 g/mol. The van der Waals surface area contributed by atoms with Crippen LogP contribution in [0.5, 0.6) is 0 Å². The average molecular weight is 208 g/mol. The summed E-state index contributed by atoms with van der Waals surface area (Å²) in [5.41, 5.74) is 0. The summed E-state index contributed by atoms with van der Waals surface area (Å²) in [6.07, 6.45) is 1.94. The second kappa shape index (κ2) is 23.8. The predicted octanol–water partition coefficient (Wildman–Crippen LogP) is 1.53. The van der Waals surface area contributed by atoms with E-state index in [0.29, 0.717) is 0 Å². The van der Waals surface area contributed by atoms with Gasteiger partial charge in [-0.25, -0.2) is 0 Å². The first-order valence-electron chi connectivity index (χ1n) is 1.83. The first kappa shape index (κ1) is 16.2. The molecule has 0 aliphatic rings. The average Bonchev–Trinajstić information content (AvgIpc) is 1.69. The maximum absolute atomic E-state index is 4.26. The fourth-order valence-corrected chi connectivity index (χ4v) is 0. The van der Waals surface area contributed by atoms with Crippen molar-refractivity contribution in [2.75, 3.05) is 0 Å². The Morgan fingerprint density at radius 1 is 1.62 bits per heavy atom. The third-order valence-corrected chi connectivity index (χ3v) is 0.866. The summed E-state index contributed by atoms with van der Waals surface area (Å²) >= 11 is 9.80. The molecule has 0 saturated carbocycles. The molecule has 0 rings (SSSR count). The predicted molar refractivity (Wildman–Crippen MR) is 36.3 cm³/mol. The summed E-state index contributed by atoms with van der Waals surface area (Å²) in [6, 6.07) is 0. The van der Waals surface area contributed by atoms with Gasteiger partial charge in [-0.15, -0.1) is 12.7 Å². The first-order valence-corrected chi connectivity index (χ1v) is 3.86. The Morgan fingerprint density at radius 3 is 1.75 bits per heavy atom. The molecule has 8 heavy (non-hydrogen) atoms. The molecule has 1 nitrogen and oxygen atoms in total. The molecule has 0 aromatic carbocycles. The third kappa shape index (κ3) is 52.7. The van der Waals surface area contributed by atoms with Crippen molar-refractivity contribution < 1.29 is 22.4 Å². The normalized spacial score (nSPS) is 5.25.